The van der Waals surface area contributed by atoms with Crippen molar-refractivity contribution in [2.24, 2.45) is 11.8 Å². The molecule has 3 aromatic heterocycles. The third-order valence-electron chi connectivity index (χ3n) is 7.63. The number of pyridine rings is 1. The summed E-state index contributed by atoms with van der Waals surface area (Å²) in [7, 11) is 0. The first-order valence-electron chi connectivity index (χ1n) is 13.6. The maximum atomic E-state index is 11.7. The number of aromatic nitrogens is 4. The number of imidazole rings is 1. The van der Waals surface area contributed by atoms with Crippen LogP contribution in [0.3, 0.4) is 0 Å². The van der Waals surface area contributed by atoms with E-state index in [1.807, 2.05) is 46.9 Å². The SMILES string of the molecule is CCC(CC)C(=O)/C=C(\O)C(CC)CC.Cc1nc2c3cncnc3c3[c-]c4ccccc4cc3n2c1C.[Ir]. The van der Waals surface area contributed by atoms with Gasteiger partial charge in [0.05, 0.1) is 11.5 Å². The van der Waals surface area contributed by atoms with E-state index in [0.29, 0.717) is 0 Å². The molecule has 7 heteroatoms. The summed E-state index contributed by atoms with van der Waals surface area (Å²) < 4.78 is 2.19. The monoisotopic (exact) mass is 702 g/mol. The zero-order chi connectivity index (χ0) is 27.4. The fourth-order valence-electron chi connectivity index (χ4n) is 5.07. The van der Waals surface area contributed by atoms with Gasteiger partial charge in [-0.05, 0) is 45.0 Å². The quantitative estimate of drug-likeness (QED) is 0.0615. The largest absolute Gasteiger partial charge is 0.512 e. The topological polar surface area (TPSA) is 80.4 Å². The molecule has 3 heterocycles. The van der Waals surface area contributed by atoms with Crippen molar-refractivity contribution in [3.8, 4) is 0 Å². The van der Waals surface area contributed by atoms with Gasteiger partial charge >= 0.3 is 0 Å². The van der Waals surface area contributed by atoms with Gasteiger partial charge in [-0.25, -0.2) is 9.97 Å². The Morgan fingerprint density at radius 2 is 1.72 bits per heavy atom. The molecule has 0 spiro atoms. The van der Waals surface area contributed by atoms with Gasteiger partial charge in [0.15, 0.2) is 5.78 Å². The Morgan fingerprint density at radius 1 is 1.05 bits per heavy atom. The molecule has 39 heavy (non-hydrogen) atoms. The van der Waals surface area contributed by atoms with Crippen LogP contribution in [0, 0.1) is 31.7 Å². The van der Waals surface area contributed by atoms with Crippen molar-refractivity contribution in [3.63, 3.8) is 0 Å². The number of carbonyl (C=O) groups excluding carboxylic acids is 1. The number of allylic oxidation sites excluding steroid dienone is 2. The minimum absolute atomic E-state index is 0. The number of aryl methyl sites for hydroxylation is 2. The molecule has 0 aliphatic heterocycles. The molecule has 0 bridgehead atoms. The molecular formula is C32H37IrN4O2-. The number of fused-ring (bicyclic) bond motifs is 7. The first-order valence-corrected chi connectivity index (χ1v) is 13.6. The smallest absolute Gasteiger partial charge is 0.162 e. The molecule has 1 N–H and O–H groups in total. The average Bonchev–Trinajstić information content (AvgIpc) is 3.23. The molecule has 0 aliphatic rings. The van der Waals surface area contributed by atoms with Crippen LogP contribution in [0.5, 0.6) is 0 Å². The van der Waals surface area contributed by atoms with Crippen LogP contribution >= 0.6 is 0 Å². The van der Waals surface area contributed by atoms with Gasteiger partial charge in [0.1, 0.15) is 12.0 Å². The van der Waals surface area contributed by atoms with Crippen LogP contribution in [0.15, 0.2) is 54.7 Å². The van der Waals surface area contributed by atoms with E-state index in [9.17, 15) is 9.90 Å². The number of carbonyl (C=O) groups is 1. The van der Waals surface area contributed by atoms with E-state index < -0.39 is 0 Å². The molecule has 0 saturated carbocycles. The van der Waals surface area contributed by atoms with Gasteiger partial charge in [0.25, 0.3) is 0 Å². The Balaban J connectivity index is 0.000000233. The van der Waals surface area contributed by atoms with E-state index in [2.05, 4.69) is 51.6 Å². The van der Waals surface area contributed by atoms with Crippen LogP contribution in [0.25, 0.3) is 38.2 Å². The number of aliphatic hydroxyl groups is 1. The Hall–Kier alpha value is -3.15. The number of ketones is 1. The summed E-state index contributed by atoms with van der Waals surface area (Å²) in [5.74, 6) is 0.547. The summed E-state index contributed by atoms with van der Waals surface area (Å²) in [6.45, 7) is 12.2. The minimum Gasteiger partial charge on any atom is -0.512 e. The summed E-state index contributed by atoms with van der Waals surface area (Å²) in [5, 5.41) is 14.0. The van der Waals surface area contributed by atoms with Crippen LogP contribution < -0.4 is 0 Å². The number of hydrogen-bond acceptors (Lipinski definition) is 5. The van der Waals surface area contributed by atoms with Crippen LogP contribution in [0.2, 0.25) is 0 Å². The second kappa shape index (κ2) is 13.3. The maximum absolute atomic E-state index is 11.7. The van der Waals surface area contributed by atoms with Gasteiger partial charge in [0, 0.05) is 60.8 Å². The van der Waals surface area contributed by atoms with Crippen LogP contribution in [-0.4, -0.2) is 30.2 Å². The fraction of sp³-hybridized carbons (Fsp3) is 0.375. The number of nitrogens with zero attached hydrogens (tertiary/aromatic N) is 4. The van der Waals surface area contributed by atoms with Crippen molar-refractivity contribution < 1.29 is 30.0 Å². The first-order chi connectivity index (χ1) is 18.3. The third-order valence-corrected chi connectivity index (χ3v) is 7.63. The molecule has 1 radical (unpaired) electrons. The molecule has 0 unspecified atom stereocenters. The molecule has 6 nitrogen and oxygen atoms in total. The Morgan fingerprint density at radius 3 is 2.38 bits per heavy atom. The number of benzene rings is 2. The average molecular weight is 702 g/mol. The van der Waals surface area contributed by atoms with Gasteiger partial charge in [0.2, 0.25) is 0 Å². The second-order valence-corrected chi connectivity index (χ2v) is 9.84. The van der Waals surface area contributed by atoms with E-state index in [1.165, 1.54) is 11.5 Å². The molecule has 0 saturated heterocycles. The van der Waals surface area contributed by atoms with E-state index in [1.54, 1.807) is 6.33 Å². The number of aliphatic hydroxyl groups excluding tert-OH is 1. The fourth-order valence-corrected chi connectivity index (χ4v) is 5.07. The molecular weight excluding hydrogens is 665 g/mol. The molecule has 0 fully saturated rings. The van der Waals surface area contributed by atoms with E-state index in [4.69, 9.17) is 4.98 Å². The summed E-state index contributed by atoms with van der Waals surface area (Å²) in [4.78, 5) is 25.2. The van der Waals surface area contributed by atoms with Gasteiger partial charge in [-0.3, -0.25) is 9.78 Å². The van der Waals surface area contributed by atoms with Crippen molar-refractivity contribution in [1.82, 2.24) is 19.4 Å². The van der Waals surface area contributed by atoms with E-state index >= 15 is 0 Å². The molecule has 207 valence electrons. The van der Waals surface area contributed by atoms with E-state index in [-0.39, 0.29) is 43.5 Å². The summed E-state index contributed by atoms with van der Waals surface area (Å²) in [5.41, 5.74) is 5.06. The maximum Gasteiger partial charge on any atom is 0.162 e. The predicted molar refractivity (Wildman–Crippen MR) is 155 cm³/mol. The van der Waals surface area contributed by atoms with Crippen LogP contribution in [-0.2, 0) is 24.9 Å². The van der Waals surface area contributed by atoms with Gasteiger partial charge < -0.3 is 9.51 Å². The van der Waals surface area contributed by atoms with Gasteiger partial charge in [-0.1, -0.05) is 62.7 Å². The molecule has 5 aromatic rings. The van der Waals surface area contributed by atoms with Crippen molar-refractivity contribution >= 4 is 44.0 Å². The number of rotatable bonds is 7. The zero-order valence-corrected chi connectivity index (χ0v) is 26.0. The summed E-state index contributed by atoms with van der Waals surface area (Å²) in [6, 6.07) is 14.0. The van der Waals surface area contributed by atoms with Crippen LogP contribution in [0.1, 0.15) is 64.8 Å². The Kier molecular flexibility index (Phi) is 10.3. The van der Waals surface area contributed by atoms with Crippen molar-refractivity contribution in [2.45, 2.75) is 67.2 Å². The van der Waals surface area contributed by atoms with E-state index in [0.717, 1.165) is 69.9 Å². The second-order valence-electron chi connectivity index (χ2n) is 9.84. The molecule has 0 amide bonds. The van der Waals surface area contributed by atoms with Crippen molar-refractivity contribution in [1.29, 1.82) is 0 Å². The minimum atomic E-state index is 0. The zero-order valence-electron chi connectivity index (χ0n) is 23.6. The standard InChI is InChI=1S/C19H13N4.C13H24O2.Ir/c1-11-12(2)23-17-8-14-6-4-3-5-13(14)7-15(17)18-16(19(23)22-11)9-20-10-21-18;1-5-10(6-2)12(14)9-13(15)11(7-3)8-4;/h3-6,8-10H,1-2H3;9-11,14H,5-8H2,1-4H3;/q-1;;/b;12-9-;. The molecule has 2 aromatic carbocycles. The molecule has 0 aliphatic carbocycles. The molecule has 0 atom stereocenters. The van der Waals surface area contributed by atoms with Gasteiger partial charge in [-0.15, -0.1) is 17.5 Å². The Labute approximate surface area is 243 Å². The normalized spacial score (nSPS) is 11.8. The predicted octanol–water partition coefficient (Wildman–Crippen LogP) is 7.87. The number of hydrogen-bond donors (Lipinski definition) is 1. The van der Waals surface area contributed by atoms with Gasteiger partial charge in [-0.2, -0.15) is 0 Å². The first kappa shape index (κ1) is 30.4. The summed E-state index contributed by atoms with van der Waals surface area (Å²) >= 11 is 0. The van der Waals surface area contributed by atoms with Crippen molar-refractivity contribution in [3.05, 3.63) is 72.1 Å². The summed E-state index contributed by atoms with van der Waals surface area (Å²) in [6.07, 6.45) is 8.33. The van der Waals surface area contributed by atoms with Crippen molar-refractivity contribution in [2.75, 3.05) is 0 Å². The Bertz CT molecular complexity index is 1630. The molecule has 5 rings (SSSR count). The van der Waals surface area contributed by atoms with Crippen LogP contribution in [0.4, 0.5) is 0 Å². The third kappa shape index (κ3) is 6.05.